The van der Waals surface area contributed by atoms with Crippen LogP contribution >= 0.6 is 0 Å². The molecular weight excluding hydrogens is 311 g/mol. The topological polar surface area (TPSA) is 3.24 Å². The van der Waals surface area contributed by atoms with Crippen molar-refractivity contribution >= 4 is 0 Å². The SMILES string of the molecule is CCN(C(C)c1ccccc1)[C@@H](C)c1cc(C)cc(C(F)(F)F)c1. The van der Waals surface area contributed by atoms with E-state index in [0.717, 1.165) is 12.1 Å². The Balaban J connectivity index is 2.35. The molecular formula is C20H24F3N. The van der Waals surface area contributed by atoms with Crippen molar-refractivity contribution in [1.82, 2.24) is 4.90 Å². The average molecular weight is 335 g/mol. The normalized spacial score (nSPS) is 14.7. The summed E-state index contributed by atoms with van der Waals surface area (Å²) in [5.74, 6) is 0. The van der Waals surface area contributed by atoms with Crippen LogP contribution in [0, 0.1) is 6.92 Å². The highest BCUT2D eigenvalue weighted by Gasteiger charge is 2.32. The minimum atomic E-state index is -4.32. The number of hydrogen-bond donors (Lipinski definition) is 0. The quantitative estimate of drug-likeness (QED) is 0.632. The molecule has 2 atom stereocenters. The van der Waals surface area contributed by atoms with Crippen molar-refractivity contribution in [2.75, 3.05) is 6.54 Å². The van der Waals surface area contributed by atoms with E-state index in [0.29, 0.717) is 11.1 Å². The molecule has 2 rings (SSSR count). The molecule has 0 spiro atoms. The molecule has 0 aliphatic heterocycles. The van der Waals surface area contributed by atoms with Crippen molar-refractivity contribution in [3.63, 3.8) is 0 Å². The van der Waals surface area contributed by atoms with Gasteiger partial charge in [0.1, 0.15) is 0 Å². The number of rotatable bonds is 5. The first kappa shape index (κ1) is 18.5. The average Bonchev–Trinajstić information content (AvgIpc) is 2.54. The molecule has 2 aromatic carbocycles. The Morgan fingerprint density at radius 3 is 2.04 bits per heavy atom. The Kier molecular flexibility index (Phi) is 5.70. The van der Waals surface area contributed by atoms with Gasteiger partial charge in [0.05, 0.1) is 5.56 Å². The van der Waals surface area contributed by atoms with Crippen LogP contribution in [-0.2, 0) is 6.18 Å². The standard InChI is InChI=1S/C20H24F3N/c1-5-24(15(3)17-9-7-6-8-10-17)16(4)18-11-14(2)12-19(13-18)20(21,22)23/h6-13,15-16H,5H2,1-4H3/t15?,16-/m0/s1. The third-order valence-corrected chi connectivity index (χ3v) is 4.55. The molecule has 0 saturated heterocycles. The maximum Gasteiger partial charge on any atom is 0.416 e. The molecule has 2 aromatic rings. The number of aryl methyl sites for hydroxylation is 1. The maximum absolute atomic E-state index is 13.1. The van der Waals surface area contributed by atoms with E-state index >= 15 is 0 Å². The fourth-order valence-corrected chi connectivity index (χ4v) is 3.22. The number of halogens is 3. The Labute approximate surface area is 142 Å². The van der Waals surface area contributed by atoms with Crippen LogP contribution in [0.1, 0.15) is 55.1 Å². The lowest BCUT2D eigenvalue weighted by Crippen LogP contribution is -2.30. The minimum Gasteiger partial charge on any atom is -0.290 e. The summed E-state index contributed by atoms with van der Waals surface area (Å²) in [4.78, 5) is 2.21. The Morgan fingerprint density at radius 2 is 1.50 bits per heavy atom. The fourth-order valence-electron chi connectivity index (χ4n) is 3.22. The molecule has 0 aliphatic rings. The van der Waals surface area contributed by atoms with E-state index in [9.17, 15) is 13.2 Å². The van der Waals surface area contributed by atoms with E-state index in [1.807, 2.05) is 38.1 Å². The molecule has 0 heterocycles. The molecule has 1 unspecified atom stereocenters. The van der Waals surface area contributed by atoms with E-state index < -0.39 is 11.7 Å². The molecule has 0 radical (unpaired) electrons. The first-order valence-corrected chi connectivity index (χ1v) is 8.23. The van der Waals surface area contributed by atoms with Crippen molar-refractivity contribution in [2.24, 2.45) is 0 Å². The largest absolute Gasteiger partial charge is 0.416 e. The van der Waals surface area contributed by atoms with Crippen LogP contribution in [0.5, 0.6) is 0 Å². The van der Waals surface area contributed by atoms with Gasteiger partial charge in [0, 0.05) is 12.1 Å². The van der Waals surface area contributed by atoms with Gasteiger partial charge in [-0.1, -0.05) is 48.9 Å². The molecule has 0 aromatic heterocycles. The lowest BCUT2D eigenvalue weighted by atomic mass is 9.98. The highest BCUT2D eigenvalue weighted by Crippen LogP contribution is 2.35. The Hall–Kier alpha value is -1.81. The second-order valence-corrected chi connectivity index (χ2v) is 6.22. The van der Waals surface area contributed by atoms with Gasteiger partial charge < -0.3 is 0 Å². The first-order chi connectivity index (χ1) is 11.2. The summed E-state index contributed by atoms with van der Waals surface area (Å²) >= 11 is 0. The van der Waals surface area contributed by atoms with Gasteiger partial charge in [-0.3, -0.25) is 4.90 Å². The molecule has 0 N–H and O–H groups in total. The van der Waals surface area contributed by atoms with Crippen LogP contribution in [0.4, 0.5) is 13.2 Å². The molecule has 1 nitrogen and oxygen atoms in total. The third kappa shape index (κ3) is 4.18. The van der Waals surface area contributed by atoms with Crippen molar-refractivity contribution in [1.29, 1.82) is 0 Å². The number of alkyl halides is 3. The van der Waals surface area contributed by atoms with Crippen molar-refractivity contribution < 1.29 is 13.2 Å². The number of nitrogens with zero attached hydrogens (tertiary/aromatic N) is 1. The summed E-state index contributed by atoms with van der Waals surface area (Å²) in [7, 11) is 0. The van der Waals surface area contributed by atoms with Gasteiger partial charge in [0.15, 0.2) is 0 Å². The third-order valence-electron chi connectivity index (χ3n) is 4.55. The predicted octanol–water partition coefficient (Wildman–Crippen LogP) is 6.16. The van der Waals surface area contributed by atoms with Crippen LogP contribution in [0.3, 0.4) is 0 Å². The van der Waals surface area contributed by atoms with Crippen LogP contribution in [0.15, 0.2) is 48.5 Å². The second-order valence-electron chi connectivity index (χ2n) is 6.22. The molecule has 0 bridgehead atoms. The summed E-state index contributed by atoms with van der Waals surface area (Å²) in [5.41, 5.74) is 1.92. The lowest BCUT2D eigenvalue weighted by Gasteiger charge is -2.34. The van der Waals surface area contributed by atoms with Gasteiger partial charge in [-0.2, -0.15) is 13.2 Å². The van der Waals surface area contributed by atoms with Crippen molar-refractivity contribution in [3.8, 4) is 0 Å². The Morgan fingerprint density at radius 1 is 0.917 bits per heavy atom. The highest BCUT2D eigenvalue weighted by atomic mass is 19.4. The number of benzene rings is 2. The highest BCUT2D eigenvalue weighted by molar-refractivity contribution is 5.33. The van der Waals surface area contributed by atoms with Gasteiger partial charge in [0.2, 0.25) is 0 Å². The summed E-state index contributed by atoms with van der Waals surface area (Å²) < 4.78 is 39.3. The molecule has 4 heteroatoms. The fraction of sp³-hybridized carbons (Fsp3) is 0.400. The maximum atomic E-state index is 13.1. The van der Waals surface area contributed by atoms with Gasteiger partial charge >= 0.3 is 6.18 Å². The van der Waals surface area contributed by atoms with Gasteiger partial charge in [0.25, 0.3) is 0 Å². The lowest BCUT2D eigenvalue weighted by molar-refractivity contribution is -0.137. The molecule has 24 heavy (non-hydrogen) atoms. The van der Waals surface area contributed by atoms with Gasteiger partial charge in [-0.05, 0) is 50.6 Å². The van der Waals surface area contributed by atoms with Crippen LogP contribution in [0.25, 0.3) is 0 Å². The van der Waals surface area contributed by atoms with E-state index in [4.69, 9.17) is 0 Å². The zero-order valence-corrected chi connectivity index (χ0v) is 14.6. The summed E-state index contributed by atoms with van der Waals surface area (Å²) in [6.07, 6.45) is -4.32. The van der Waals surface area contributed by atoms with Crippen molar-refractivity contribution in [3.05, 3.63) is 70.8 Å². The molecule has 130 valence electrons. The summed E-state index contributed by atoms with van der Waals surface area (Å²) in [6.45, 7) is 8.57. The number of hydrogen-bond acceptors (Lipinski definition) is 1. The van der Waals surface area contributed by atoms with E-state index in [1.54, 1.807) is 6.92 Å². The van der Waals surface area contributed by atoms with Crippen LogP contribution in [0.2, 0.25) is 0 Å². The van der Waals surface area contributed by atoms with Crippen LogP contribution in [-0.4, -0.2) is 11.4 Å². The van der Waals surface area contributed by atoms with E-state index in [1.165, 1.54) is 12.1 Å². The van der Waals surface area contributed by atoms with Crippen molar-refractivity contribution in [2.45, 2.75) is 46.0 Å². The van der Waals surface area contributed by atoms with Crippen LogP contribution < -0.4 is 0 Å². The zero-order valence-electron chi connectivity index (χ0n) is 14.6. The zero-order chi connectivity index (χ0) is 17.9. The van der Waals surface area contributed by atoms with E-state index in [2.05, 4.69) is 24.0 Å². The van der Waals surface area contributed by atoms with Gasteiger partial charge in [-0.25, -0.2) is 0 Å². The summed E-state index contributed by atoms with van der Waals surface area (Å²) in [5, 5.41) is 0. The minimum absolute atomic E-state index is 0.105. The van der Waals surface area contributed by atoms with Gasteiger partial charge in [-0.15, -0.1) is 0 Å². The Bertz CT molecular complexity index is 664. The second kappa shape index (κ2) is 7.39. The van der Waals surface area contributed by atoms with E-state index in [-0.39, 0.29) is 12.1 Å². The smallest absolute Gasteiger partial charge is 0.290 e. The molecule has 0 aliphatic carbocycles. The monoisotopic (exact) mass is 335 g/mol. The first-order valence-electron chi connectivity index (χ1n) is 8.23. The molecule has 0 fully saturated rings. The predicted molar refractivity (Wildman–Crippen MR) is 91.8 cm³/mol. The summed E-state index contributed by atoms with van der Waals surface area (Å²) in [6, 6.07) is 14.4. The molecule has 0 saturated carbocycles. The molecule has 0 amide bonds.